The first-order chi connectivity index (χ1) is 10.8. The predicted octanol–water partition coefficient (Wildman–Crippen LogP) is 4.83. The highest BCUT2D eigenvalue weighted by Crippen LogP contribution is 2.28. The van der Waals surface area contributed by atoms with E-state index in [0.29, 0.717) is 15.6 Å². The van der Waals surface area contributed by atoms with Crippen LogP contribution in [0.4, 0.5) is 5.69 Å². The molecular formula is C15H11Cl3N2O3. The van der Waals surface area contributed by atoms with E-state index in [1.807, 2.05) is 0 Å². The van der Waals surface area contributed by atoms with Crippen molar-refractivity contribution in [2.24, 2.45) is 0 Å². The minimum Gasteiger partial charge on any atom is -0.337 e. The van der Waals surface area contributed by atoms with Crippen LogP contribution >= 0.6 is 34.8 Å². The van der Waals surface area contributed by atoms with E-state index in [2.05, 4.69) is 0 Å². The van der Waals surface area contributed by atoms with Crippen LogP contribution in [0.3, 0.4) is 0 Å². The van der Waals surface area contributed by atoms with E-state index in [1.165, 1.54) is 17.0 Å². The van der Waals surface area contributed by atoms with Crippen molar-refractivity contribution >= 4 is 46.4 Å². The summed E-state index contributed by atoms with van der Waals surface area (Å²) in [5.41, 5.74) is 0.534. The Bertz CT molecular complexity index is 781. The molecule has 0 heterocycles. The predicted molar refractivity (Wildman–Crippen MR) is 90.4 cm³/mol. The fourth-order valence-corrected chi connectivity index (χ4v) is 2.57. The highest BCUT2D eigenvalue weighted by molar-refractivity contribution is 6.42. The smallest absolute Gasteiger partial charge is 0.288 e. The normalized spacial score (nSPS) is 10.4. The van der Waals surface area contributed by atoms with Gasteiger partial charge in [0.05, 0.1) is 15.0 Å². The van der Waals surface area contributed by atoms with E-state index < -0.39 is 4.92 Å². The zero-order chi connectivity index (χ0) is 17.1. The van der Waals surface area contributed by atoms with Crippen LogP contribution in [0.15, 0.2) is 36.4 Å². The Balaban J connectivity index is 2.25. The van der Waals surface area contributed by atoms with Crippen LogP contribution < -0.4 is 0 Å². The van der Waals surface area contributed by atoms with Gasteiger partial charge in [-0.15, -0.1) is 0 Å². The van der Waals surface area contributed by atoms with Crippen LogP contribution in [0, 0.1) is 10.1 Å². The molecule has 0 unspecified atom stereocenters. The van der Waals surface area contributed by atoms with Crippen molar-refractivity contribution in [3.63, 3.8) is 0 Å². The third-order valence-corrected chi connectivity index (χ3v) is 4.35. The van der Waals surface area contributed by atoms with Gasteiger partial charge in [-0.3, -0.25) is 14.9 Å². The summed E-state index contributed by atoms with van der Waals surface area (Å²) in [4.78, 5) is 24.1. The molecule has 0 saturated carbocycles. The quantitative estimate of drug-likeness (QED) is 0.569. The summed E-state index contributed by atoms with van der Waals surface area (Å²) in [5, 5.41) is 11.6. The Morgan fingerprint density at radius 2 is 1.87 bits per heavy atom. The van der Waals surface area contributed by atoms with Gasteiger partial charge in [0.1, 0.15) is 5.02 Å². The molecule has 2 rings (SSSR count). The van der Waals surface area contributed by atoms with Gasteiger partial charge >= 0.3 is 0 Å². The summed E-state index contributed by atoms with van der Waals surface area (Å²) in [6.07, 6.45) is 0. The zero-order valence-corrected chi connectivity index (χ0v) is 14.2. The Morgan fingerprint density at radius 3 is 2.52 bits per heavy atom. The van der Waals surface area contributed by atoms with Crippen LogP contribution in [0.2, 0.25) is 15.1 Å². The van der Waals surface area contributed by atoms with Gasteiger partial charge in [-0.1, -0.05) is 46.9 Å². The molecule has 2 aromatic carbocycles. The number of nitro benzene ring substituents is 1. The lowest BCUT2D eigenvalue weighted by atomic mass is 10.1. The van der Waals surface area contributed by atoms with Gasteiger partial charge in [0.25, 0.3) is 11.6 Å². The van der Waals surface area contributed by atoms with Crippen LogP contribution in [0.5, 0.6) is 0 Å². The topological polar surface area (TPSA) is 63.5 Å². The molecule has 0 aliphatic carbocycles. The highest BCUT2D eigenvalue weighted by Gasteiger charge is 2.19. The third kappa shape index (κ3) is 3.93. The maximum absolute atomic E-state index is 12.4. The molecule has 0 spiro atoms. The van der Waals surface area contributed by atoms with Gasteiger partial charge in [-0.25, -0.2) is 0 Å². The van der Waals surface area contributed by atoms with E-state index in [4.69, 9.17) is 34.8 Å². The Kier molecular flexibility index (Phi) is 5.46. The Hall–Kier alpha value is -1.82. The molecule has 0 fully saturated rings. The summed E-state index contributed by atoms with van der Waals surface area (Å²) < 4.78 is 0. The minimum atomic E-state index is -0.632. The zero-order valence-electron chi connectivity index (χ0n) is 11.9. The lowest BCUT2D eigenvalue weighted by Gasteiger charge is -2.18. The first-order valence-electron chi connectivity index (χ1n) is 6.43. The number of amides is 1. The number of benzene rings is 2. The molecular weight excluding hydrogens is 363 g/mol. The lowest BCUT2D eigenvalue weighted by Crippen LogP contribution is -2.26. The maximum Gasteiger partial charge on any atom is 0.288 e. The van der Waals surface area contributed by atoms with Gasteiger partial charge in [-0.2, -0.15) is 0 Å². The van der Waals surface area contributed by atoms with Gasteiger partial charge < -0.3 is 4.90 Å². The molecule has 5 nitrogen and oxygen atoms in total. The third-order valence-electron chi connectivity index (χ3n) is 3.18. The summed E-state index contributed by atoms with van der Waals surface area (Å²) in [5.74, 6) is -0.388. The first-order valence-corrected chi connectivity index (χ1v) is 7.57. The minimum absolute atomic E-state index is 0.0212. The molecule has 0 N–H and O–H groups in total. The molecule has 0 saturated heterocycles. The fourth-order valence-electron chi connectivity index (χ4n) is 2.00. The molecule has 0 aromatic heterocycles. The average molecular weight is 374 g/mol. The van der Waals surface area contributed by atoms with Crippen molar-refractivity contribution in [3.05, 3.63) is 72.7 Å². The maximum atomic E-state index is 12.4. The van der Waals surface area contributed by atoms with Gasteiger partial charge in [-0.05, 0) is 23.8 Å². The molecule has 0 aliphatic heterocycles. The molecule has 120 valence electrons. The van der Waals surface area contributed by atoms with E-state index in [-0.39, 0.29) is 28.7 Å². The number of nitro groups is 1. The van der Waals surface area contributed by atoms with Crippen molar-refractivity contribution in [2.45, 2.75) is 6.54 Å². The van der Waals surface area contributed by atoms with Gasteiger partial charge in [0, 0.05) is 25.2 Å². The molecule has 0 atom stereocenters. The Labute approximate surface area is 147 Å². The molecule has 2 aromatic rings. The monoisotopic (exact) mass is 372 g/mol. The van der Waals surface area contributed by atoms with Gasteiger partial charge in [0.2, 0.25) is 0 Å². The summed E-state index contributed by atoms with van der Waals surface area (Å²) in [6, 6.07) is 9.05. The van der Waals surface area contributed by atoms with Crippen molar-refractivity contribution in [3.8, 4) is 0 Å². The van der Waals surface area contributed by atoms with E-state index >= 15 is 0 Å². The van der Waals surface area contributed by atoms with E-state index in [1.54, 1.807) is 25.2 Å². The van der Waals surface area contributed by atoms with Crippen LogP contribution in [-0.2, 0) is 6.54 Å². The van der Waals surface area contributed by atoms with E-state index in [9.17, 15) is 14.9 Å². The van der Waals surface area contributed by atoms with Crippen molar-refractivity contribution in [1.29, 1.82) is 0 Å². The van der Waals surface area contributed by atoms with Gasteiger partial charge in [0.15, 0.2) is 0 Å². The second-order valence-corrected chi connectivity index (χ2v) is 5.99. The summed E-state index contributed by atoms with van der Waals surface area (Å²) in [7, 11) is 1.57. The van der Waals surface area contributed by atoms with E-state index in [0.717, 1.165) is 6.07 Å². The largest absolute Gasteiger partial charge is 0.337 e. The SMILES string of the molecule is CN(Cc1cccc(Cl)c1Cl)C(=O)c1ccc(Cl)c([N+](=O)[O-])c1. The molecule has 8 heteroatoms. The summed E-state index contributed by atoms with van der Waals surface area (Å²) >= 11 is 17.8. The highest BCUT2D eigenvalue weighted by atomic mass is 35.5. The summed E-state index contributed by atoms with van der Waals surface area (Å²) in [6.45, 7) is 0.217. The second kappa shape index (κ2) is 7.17. The van der Waals surface area contributed by atoms with Crippen LogP contribution in [0.1, 0.15) is 15.9 Å². The van der Waals surface area contributed by atoms with Crippen LogP contribution in [-0.4, -0.2) is 22.8 Å². The first kappa shape index (κ1) is 17.5. The standard InChI is InChI=1S/C15H11Cl3N2O3/c1-19(8-10-3-2-4-12(17)14(10)18)15(21)9-5-6-11(16)13(7-9)20(22)23/h2-7H,8H2,1H3. The molecule has 0 radical (unpaired) electrons. The number of carbonyl (C=O) groups is 1. The fraction of sp³-hybridized carbons (Fsp3) is 0.133. The molecule has 0 bridgehead atoms. The molecule has 0 aliphatic rings. The lowest BCUT2D eigenvalue weighted by molar-refractivity contribution is -0.384. The number of rotatable bonds is 4. The van der Waals surface area contributed by atoms with Crippen LogP contribution in [0.25, 0.3) is 0 Å². The number of halogens is 3. The van der Waals surface area contributed by atoms with Crippen molar-refractivity contribution < 1.29 is 9.72 Å². The number of hydrogen-bond donors (Lipinski definition) is 0. The molecule has 23 heavy (non-hydrogen) atoms. The van der Waals surface area contributed by atoms with Crippen molar-refractivity contribution in [2.75, 3.05) is 7.05 Å². The number of nitrogens with zero attached hydrogens (tertiary/aromatic N) is 2. The average Bonchev–Trinajstić information content (AvgIpc) is 2.51. The Morgan fingerprint density at radius 1 is 1.17 bits per heavy atom. The second-order valence-electron chi connectivity index (χ2n) is 4.80. The number of hydrogen-bond acceptors (Lipinski definition) is 3. The molecule has 1 amide bonds. The number of carbonyl (C=O) groups excluding carboxylic acids is 1. The van der Waals surface area contributed by atoms with Crippen molar-refractivity contribution in [1.82, 2.24) is 4.90 Å².